The molecule has 0 aliphatic carbocycles. The molecule has 0 saturated heterocycles. The Balaban J connectivity index is 1.78. The molecule has 0 aliphatic heterocycles. The third kappa shape index (κ3) is 5.47. The first-order valence-corrected chi connectivity index (χ1v) is 12.3. The number of thiophene rings is 1. The zero-order valence-corrected chi connectivity index (χ0v) is 21.5. The van der Waals surface area contributed by atoms with Crippen LogP contribution in [0, 0.1) is 6.92 Å². The van der Waals surface area contributed by atoms with Gasteiger partial charge >= 0.3 is 11.9 Å². The van der Waals surface area contributed by atoms with E-state index in [1.807, 2.05) is 11.5 Å². The molecule has 1 amide bonds. The fourth-order valence-corrected chi connectivity index (χ4v) is 5.17. The maximum Gasteiger partial charge on any atom is 0.348 e. The number of rotatable bonds is 9. The maximum atomic E-state index is 12.7. The lowest BCUT2D eigenvalue weighted by atomic mass is 10.1. The highest BCUT2D eigenvalue weighted by Crippen LogP contribution is 2.34. The van der Waals surface area contributed by atoms with E-state index in [2.05, 4.69) is 31.4 Å². The van der Waals surface area contributed by atoms with Crippen molar-refractivity contribution in [2.75, 3.05) is 25.3 Å². The Hall–Kier alpha value is -2.64. The molecule has 0 radical (unpaired) electrons. The smallest absolute Gasteiger partial charge is 0.348 e. The highest BCUT2D eigenvalue weighted by Gasteiger charge is 2.27. The Labute approximate surface area is 206 Å². The van der Waals surface area contributed by atoms with Crippen molar-refractivity contribution in [3.8, 4) is 11.6 Å². The Morgan fingerprint density at radius 3 is 2.55 bits per heavy atom. The van der Waals surface area contributed by atoms with Gasteiger partial charge in [0.1, 0.15) is 9.88 Å². The molecule has 176 valence electrons. The van der Waals surface area contributed by atoms with Crippen LogP contribution in [0.15, 0.2) is 26.4 Å². The first kappa shape index (κ1) is 25.0. The van der Waals surface area contributed by atoms with E-state index in [1.165, 1.54) is 26.0 Å². The molecule has 0 unspecified atom stereocenters. The summed E-state index contributed by atoms with van der Waals surface area (Å²) < 4.78 is 17.6. The number of esters is 2. The van der Waals surface area contributed by atoms with E-state index in [0.29, 0.717) is 33.5 Å². The molecule has 33 heavy (non-hydrogen) atoms. The number of carbonyl (C=O) groups is 3. The highest BCUT2D eigenvalue weighted by atomic mass is 79.9. The summed E-state index contributed by atoms with van der Waals surface area (Å²) in [6.45, 7) is 4.26. The Morgan fingerprint density at radius 2 is 1.94 bits per heavy atom. The average molecular weight is 557 g/mol. The summed E-state index contributed by atoms with van der Waals surface area (Å²) in [6, 6.07) is 3.55. The molecule has 3 rings (SSSR count). The number of nitrogens with one attached hydrogen (secondary N) is 1. The largest absolute Gasteiger partial charge is 0.465 e. The Bertz CT molecular complexity index is 1190. The summed E-state index contributed by atoms with van der Waals surface area (Å²) in [4.78, 5) is 37.2. The average Bonchev–Trinajstić information content (AvgIpc) is 3.49. The lowest BCUT2D eigenvalue weighted by Crippen LogP contribution is -2.16. The van der Waals surface area contributed by atoms with Crippen LogP contribution in [0.1, 0.15) is 38.9 Å². The number of carbonyl (C=O) groups excluding carboxylic acids is 3. The van der Waals surface area contributed by atoms with E-state index in [0.717, 1.165) is 17.8 Å². The molecule has 0 fully saturated rings. The van der Waals surface area contributed by atoms with Crippen LogP contribution in [0.3, 0.4) is 0 Å². The SMILES string of the molecule is CCCn1c(SCC(=O)Nc2sc(C(=O)OC)c(C)c2C(=O)OC)nnc1-c1ccc(Br)o1. The van der Waals surface area contributed by atoms with E-state index in [4.69, 9.17) is 13.9 Å². The number of hydrogen-bond acceptors (Lipinski definition) is 10. The van der Waals surface area contributed by atoms with E-state index in [9.17, 15) is 14.4 Å². The van der Waals surface area contributed by atoms with Gasteiger partial charge in [0.05, 0.1) is 25.5 Å². The van der Waals surface area contributed by atoms with Gasteiger partial charge in [-0.1, -0.05) is 18.7 Å². The number of halogens is 1. The minimum atomic E-state index is -0.654. The van der Waals surface area contributed by atoms with Crippen molar-refractivity contribution in [1.29, 1.82) is 0 Å². The number of amides is 1. The fourth-order valence-electron chi connectivity index (χ4n) is 2.97. The summed E-state index contributed by atoms with van der Waals surface area (Å²) in [7, 11) is 2.48. The number of aromatic nitrogens is 3. The number of ether oxygens (including phenoxy) is 2. The first-order chi connectivity index (χ1) is 15.8. The first-order valence-electron chi connectivity index (χ1n) is 9.72. The second-order valence-corrected chi connectivity index (χ2v) is 9.39. The number of methoxy groups -OCH3 is 2. The molecule has 13 heteroatoms. The Morgan fingerprint density at radius 1 is 1.21 bits per heavy atom. The van der Waals surface area contributed by atoms with Gasteiger partial charge in [0.25, 0.3) is 0 Å². The second kappa shape index (κ2) is 11.0. The summed E-state index contributed by atoms with van der Waals surface area (Å²) in [6.07, 6.45) is 0.833. The van der Waals surface area contributed by atoms with Gasteiger partial charge < -0.3 is 19.2 Å². The standard InChI is InChI=1S/C20H21BrN4O6S2/c1-5-8-25-16(11-6-7-12(21)31-11)23-24-20(25)32-9-13(26)22-17-14(18(27)29-3)10(2)15(33-17)19(28)30-4/h6-7H,5,8-9H2,1-4H3,(H,22,26). The van der Waals surface area contributed by atoms with Gasteiger partial charge in [0.2, 0.25) is 11.7 Å². The van der Waals surface area contributed by atoms with Gasteiger partial charge in [0.15, 0.2) is 15.6 Å². The van der Waals surface area contributed by atoms with Crippen LogP contribution < -0.4 is 5.32 Å². The van der Waals surface area contributed by atoms with Crippen LogP contribution in [-0.2, 0) is 20.8 Å². The number of furan rings is 1. The Kier molecular flexibility index (Phi) is 8.32. The van der Waals surface area contributed by atoms with Gasteiger partial charge in [-0.15, -0.1) is 21.5 Å². The van der Waals surface area contributed by atoms with Crippen molar-refractivity contribution in [2.45, 2.75) is 32.0 Å². The van der Waals surface area contributed by atoms with E-state index < -0.39 is 11.9 Å². The third-order valence-electron chi connectivity index (χ3n) is 4.45. The van der Waals surface area contributed by atoms with E-state index in [-0.39, 0.29) is 27.1 Å². The molecule has 3 aromatic heterocycles. The monoisotopic (exact) mass is 556 g/mol. The zero-order chi connectivity index (χ0) is 24.1. The fraction of sp³-hybridized carbons (Fsp3) is 0.350. The normalized spacial score (nSPS) is 10.8. The minimum Gasteiger partial charge on any atom is -0.465 e. The predicted molar refractivity (Wildman–Crippen MR) is 127 cm³/mol. The van der Waals surface area contributed by atoms with Crippen molar-refractivity contribution >= 4 is 61.9 Å². The van der Waals surface area contributed by atoms with Crippen molar-refractivity contribution in [2.24, 2.45) is 0 Å². The van der Waals surface area contributed by atoms with Gasteiger partial charge in [-0.25, -0.2) is 9.59 Å². The van der Waals surface area contributed by atoms with Crippen LogP contribution in [0.2, 0.25) is 0 Å². The van der Waals surface area contributed by atoms with E-state index in [1.54, 1.807) is 19.1 Å². The van der Waals surface area contributed by atoms with Crippen molar-refractivity contribution in [3.63, 3.8) is 0 Å². The zero-order valence-electron chi connectivity index (χ0n) is 18.3. The molecule has 0 saturated carbocycles. The lowest BCUT2D eigenvalue weighted by molar-refractivity contribution is -0.113. The summed E-state index contributed by atoms with van der Waals surface area (Å²) >= 11 is 5.44. The summed E-state index contributed by atoms with van der Waals surface area (Å²) in [5, 5.41) is 11.9. The van der Waals surface area contributed by atoms with Crippen molar-refractivity contribution in [3.05, 3.63) is 32.8 Å². The third-order valence-corrected chi connectivity index (χ3v) is 7.03. The molecular formula is C20H21BrN4O6S2. The molecule has 10 nitrogen and oxygen atoms in total. The van der Waals surface area contributed by atoms with Crippen molar-refractivity contribution < 1.29 is 28.3 Å². The molecule has 0 spiro atoms. The van der Waals surface area contributed by atoms with Crippen LogP contribution in [0.5, 0.6) is 0 Å². The number of nitrogens with zero attached hydrogens (tertiary/aromatic N) is 3. The van der Waals surface area contributed by atoms with Crippen molar-refractivity contribution in [1.82, 2.24) is 14.8 Å². The molecular weight excluding hydrogens is 536 g/mol. The number of hydrogen-bond donors (Lipinski definition) is 1. The topological polar surface area (TPSA) is 126 Å². The molecule has 0 atom stereocenters. The number of anilines is 1. The summed E-state index contributed by atoms with van der Waals surface area (Å²) in [5.41, 5.74) is 0.514. The molecule has 0 aliphatic rings. The number of thioether (sulfide) groups is 1. The van der Waals surface area contributed by atoms with Crippen LogP contribution in [0.25, 0.3) is 11.6 Å². The maximum absolute atomic E-state index is 12.7. The molecule has 3 aromatic rings. The molecule has 1 N–H and O–H groups in total. The van der Waals surface area contributed by atoms with Gasteiger partial charge in [0, 0.05) is 6.54 Å². The van der Waals surface area contributed by atoms with Gasteiger partial charge in [-0.05, 0) is 47.0 Å². The summed E-state index contributed by atoms with van der Waals surface area (Å²) in [5.74, 6) is -0.493. The molecule has 0 bridgehead atoms. The highest BCUT2D eigenvalue weighted by molar-refractivity contribution is 9.10. The molecule has 0 aromatic carbocycles. The van der Waals surface area contributed by atoms with Gasteiger partial charge in [-0.3, -0.25) is 9.36 Å². The molecule has 3 heterocycles. The van der Waals surface area contributed by atoms with Gasteiger partial charge in [-0.2, -0.15) is 0 Å². The predicted octanol–water partition coefficient (Wildman–Crippen LogP) is 4.38. The van der Waals surface area contributed by atoms with Crippen LogP contribution >= 0.6 is 39.0 Å². The minimum absolute atomic E-state index is 0.00874. The van der Waals surface area contributed by atoms with E-state index >= 15 is 0 Å². The van der Waals surface area contributed by atoms with Crippen LogP contribution in [-0.4, -0.2) is 52.6 Å². The quantitative estimate of drug-likeness (QED) is 0.301. The lowest BCUT2D eigenvalue weighted by Gasteiger charge is -2.08. The van der Waals surface area contributed by atoms with Crippen LogP contribution in [0.4, 0.5) is 5.00 Å². The second-order valence-electron chi connectivity index (χ2n) is 6.64.